The number of anilines is 1. The first-order chi connectivity index (χ1) is 14.8. The van der Waals surface area contributed by atoms with Crippen LogP contribution in [0.2, 0.25) is 0 Å². The van der Waals surface area contributed by atoms with E-state index in [4.69, 9.17) is 19.0 Å². The molecule has 2 aliphatic heterocycles. The van der Waals surface area contributed by atoms with E-state index in [0.29, 0.717) is 30.6 Å². The van der Waals surface area contributed by atoms with Crippen molar-refractivity contribution in [2.75, 3.05) is 18.5 Å². The summed E-state index contributed by atoms with van der Waals surface area (Å²) in [6.07, 6.45) is 2.72. The fourth-order valence-electron chi connectivity index (χ4n) is 4.07. The van der Waals surface area contributed by atoms with E-state index in [-0.39, 0.29) is 43.0 Å². The molecule has 3 N–H and O–H groups in total. The number of rotatable bonds is 8. The molecular weight excluding hydrogens is 404 g/mol. The number of ether oxygens (including phenoxy) is 2. The number of hydrogen-bond donors (Lipinski definition) is 3. The molecule has 0 bridgehead atoms. The maximum atomic E-state index is 12.4. The predicted molar refractivity (Wildman–Crippen MR) is 109 cm³/mol. The normalized spacial score (nSPS) is 25.2. The van der Waals surface area contributed by atoms with Crippen LogP contribution in [-0.4, -0.2) is 64.5 Å². The molecule has 2 aromatic rings. The lowest BCUT2D eigenvalue weighted by molar-refractivity contribution is -0.139. The van der Waals surface area contributed by atoms with Crippen LogP contribution in [0, 0.1) is 5.41 Å². The monoisotopic (exact) mass is 430 g/mol. The second kappa shape index (κ2) is 8.64. The number of carboxylic acid groups (broad SMARTS) is 1. The second-order valence-electron chi connectivity index (χ2n) is 8.68. The van der Waals surface area contributed by atoms with Gasteiger partial charge in [0.2, 0.25) is 11.9 Å². The molecule has 0 aliphatic carbocycles. The number of carboxylic acids is 1. The molecule has 0 spiro atoms. The Kier molecular flexibility index (Phi) is 5.92. The predicted octanol–water partition coefficient (Wildman–Crippen LogP) is 1.69. The number of nitrogens with zero attached hydrogens (tertiary/aromatic N) is 2. The van der Waals surface area contributed by atoms with Crippen molar-refractivity contribution in [1.82, 2.24) is 15.3 Å². The quantitative estimate of drug-likeness (QED) is 0.571. The first-order valence-corrected chi connectivity index (χ1v) is 10.2. The average molecular weight is 430 g/mol. The minimum atomic E-state index is -0.923. The lowest BCUT2D eigenvalue weighted by Gasteiger charge is -2.24. The first-order valence-electron chi connectivity index (χ1n) is 10.2. The van der Waals surface area contributed by atoms with Crippen LogP contribution < -0.4 is 10.6 Å². The van der Waals surface area contributed by atoms with E-state index in [1.807, 2.05) is 6.07 Å². The summed E-state index contributed by atoms with van der Waals surface area (Å²) in [4.78, 5) is 32.2. The van der Waals surface area contributed by atoms with Gasteiger partial charge in [0.25, 0.3) is 0 Å². The molecule has 31 heavy (non-hydrogen) atoms. The molecule has 4 rings (SSSR count). The van der Waals surface area contributed by atoms with Gasteiger partial charge in [0.05, 0.1) is 38.0 Å². The molecule has 4 atom stereocenters. The number of aliphatic carboxylic acids is 1. The van der Waals surface area contributed by atoms with Crippen LogP contribution in [0.5, 0.6) is 0 Å². The highest BCUT2D eigenvalue weighted by Gasteiger charge is 2.48. The Hall–Kier alpha value is -2.98. The molecule has 1 amide bonds. The van der Waals surface area contributed by atoms with Crippen LogP contribution in [0.1, 0.15) is 26.7 Å². The molecule has 0 saturated carbocycles. The van der Waals surface area contributed by atoms with Crippen molar-refractivity contribution >= 4 is 17.8 Å². The Bertz CT molecular complexity index is 932. The van der Waals surface area contributed by atoms with Crippen LogP contribution in [0.15, 0.2) is 35.1 Å². The standard InChI is InChI=1S/C21H26N4O6/c1-21(2,9-17(27)28)8-16(26)23-13-10-30-19-14(11-31-18(13)19)25-20-22-6-5-12(24-20)15-4-3-7-29-15/h3-7,13-14,18-19H,8-11H2,1-2H3,(H,23,26)(H,27,28)(H,22,24,25). The SMILES string of the molecule is CC(C)(CC(=O)O)CC(=O)NC1COC2C(Nc3nccc(-c4ccco4)n3)COC12. The van der Waals surface area contributed by atoms with Gasteiger partial charge in [-0.1, -0.05) is 13.8 Å². The number of fused-ring (bicyclic) bond motifs is 1. The number of hydrogen-bond acceptors (Lipinski definition) is 8. The van der Waals surface area contributed by atoms with Gasteiger partial charge in [0, 0.05) is 12.6 Å². The smallest absolute Gasteiger partial charge is 0.303 e. The second-order valence-corrected chi connectivity index (χ2v) is 8.68. The van der Waals surface area contributed by atoms with Gasteiger partial charge < -0.3 is 29.6 Å². The van der Waals surface area contributed by atoms with Crippen molar-refractivity contribution in [2.45, 2.75) is 51.0 Å². The molecule has 0 aromatic carbocycles. The molecule has 2 aliphatic rings. The summed E-state index contributed by atoms with van der Waals surface area (Å²) in [5.74, 6) is -0.0465. The van der Waals surface area contributed by atoms with Gasteiger partial charge >= 0.3 is 5.97 Å². The lowest BCUT2D eigenvalue weighted by Crippen LogP contribution is -2.45. The molecule has 0 radical (unpaired) electrons. The number of nitrogens with one attached hydrogen (secondary N) is 2. The minimum Gasteiger partial charge on any atom is -0.481 e. The lowest BCUT2D eigenvalue weighted by atomic mass is 9.85. The Morgan fingerprint density at radius 2 is 1.90 bits per heavy atom. The van der Waals surface area contributed by atoms with Crippen LogP contribution in [0.4, 0.5) is 5.95 Å². The van der Waals surface area contributed by atoms with E-state index in [0.717, 1.165) is 0 Å². The van der Waals surface area contributed by atoms with Gasteiger partial charge in [-0.05, 0) is 23.6 Å². The van der Waals surface area contributed by atoms with E-state index in [9.17, 15) is 9.59 Å². The fourth-order valence-corrected chi connectivity index (χ4v) is 4.07. The zero-order chi connectivity index (χ0) is 22.0. The van der Waals surface area contributed by atoms with Gasteiger partial charge in [-0.3, -0.25) is 9.59 Å². The van der Waals surface area contributed by atoms with Gasteiger partial charge in [0.15, 0.2) is 5.76 Å². The molecule has 2 saturated heterocycles. The summed E-state index contributed by atoms with van der Waals surface area (Å²) in [5.41, 5.74) is 0.0329. The van der Waals surface area contributed by atoms with Crippen LogP contribution in [0.3, 0.4) is 0 Å². The number of amides is 1. The van der Waals surface area contributed by atoms with Crippen molar-refractivity contribution in [3.63, 3.8) is 0 Å². The number of carbonyl (C=O) groups excluding carboxylic acids is 1. The Balaban J connectivity index is 1.34. The van der Waals surface area contributed by atoms with E-state index in [1.54, 1.807) is 38.4 Å². The largest absolute Gasteiger partial charge is 0.481 e. The Morgan fingerprint density at radius 1 is 1.16 bits per heavy atom. The molecule has 4 heterocycles. The van der Waals surface area contributed by atoms with Crippen molar-refractivity contribution in [3.05, 3.63) is 30.7 Å². The third kappa shape index (κ3) is 5.02. The number of furan rings is 1. The highest BCUT2D eigenvalue weighted by atomic mass is 16.6. The first kappa shape index (κ1) is 21.3. The summed E-state index contributed by atoms with van der Waals surface area (Å²) >= 11 is 0. The van der Waals surface area contributed by atoms with Gasteiger partial charge in [-0.15, -0.1) is 0 Å². The fraction of sp³-hybridized carbons (Fsp3) is 0.524. The average Bonchev–Trinajstić information content (AvgIpc) is 3.41. The van der Waals surface area contributed by atoms with E-state index >= 15 is 0 Å². The third-order valence-corrected chi connectivity index (χ3v) is 5.41. The molecule has 4 unspecified atom stereocenters. The highest BCUT2D eigenvalue weighted by molar-refractivity contribution is 5.78. The maximum Gasteiger partial charge on any atom is 0.303 e. The summed E-state index contributed by atoms with van der Waals surface area (Å²) in [6, 6.07) is 4.93. The summed E-state index contributed by atoms with van der Waals surface area (Å²) in [6.45, 7) is 4.24. The third-order valence-electron chi connectivity index (χ3n) is 5.41. The Labute approximate surface area is 179 Å². The van der Waals surface area contributed by atoms with Crippen molar-refractivity contribution in [3.8, 4) is 11.5 Å². The molecular formula is C21H26N4O6. The molecule has 2 fully saturated rings. The van der Waals surface area contributed by atoms with Gasteiger partial charge in [-0.2, -0.15) is 0 Å². The van der Waals surface area contributed by atoms with Gasteiger partial charge in [-0.25, -0.2) is 9.97 Å². The summed E-state index contributed by atoms with van der Waals surface area (Å²) < 4.78 is 17.2. The van der Waals surface area contributed by atoms with Crippen molar-refractivity contribution < 1.29 is 28.6 Å². The molecule has 10 heteroatoms. The summed E-state index contributed by atoms with van der Waals surface area (Å²) in [5, 5.41) is 15.2. The zero-order valence-electron chi connectivity index (χ0n) is 17.4. The zero-order valence-corrected chi connectivity index (χ0v) is 17.4. The summed E-state index contributed by atoms with van der Waals surface area (Å²) in [7, 11) is 0. The van der Waals surface area contributed by atoms with E-state index in [1.165, 1.54) is 0 Å². The number of carbonyl (C=O) groups is 2. The minimum absolute atomic E-state index is 0.0762. The van der Waals surface area contributed by atoms with E-state index < -0.39 is 11.4 Å². The van der Waals surface area contributed by atoms with Crippen LogP contribution in [-0.2, 0) is 19.1 Å². The van der Waals surface area contributed by atoms with Crippen LogP contribution in [0.25, 0.3) is 11.5 Å². The maximum absolute atomic E-state index is 12.4. The van der Waals surface area contributed by atoms with Crippen LogP contribution >= 0.6 is 0 Å². The van der Waals surface area contributed by atoms with Crippen molar-refractivity contribution in [2.24, 2.45) is 5.41 Å². The molecule has 166 valence electrons. The van der Waals surface area contributed by atoms with Crippen molar-refractivity contribution in [1.29, 1.82) is 0 Å². The highest BCUT2D eigenvalue weighted by Crippen LogP contribution is 2.30. The molecule has 2 aromatic heterocycles. The van der Waals surface area contributed by atoms with Gasteiger partial charge in [0.1, 0.15) is 17.9 Å². The molecule has 10 nitrogen and oxygen atoms in total. The topological polar surface area (TPSA) is 136 Å². The number of aromatic nitrogens is 2. The Morgan fingerprint density at radius 3 is 2.61 bits per heavy atom. The van der Waals surface area contributed by atoms with E-state index in [2.05, 4.69) is 20.6 Å².